The highest BCUT2D eigenvalue weighted by Gasteiger charge is 2.31. The van der Waals surface area contributed by atoms with E-state index in [0.29, 0.717) is 18.2 Å². The van der Waals surface area contributed by atoms with Gasteiger partial charge in [-0.05, 0) is 19.1 Å². The number of halogens is 1. The van der Waals surface area contributed by atoms with Crippen LogP contribution in [0.1, 0.15) is 23.3 Å². The molecule has 21 heavy (non-hydrogen) atoms. The fourth-order valence-corrected chi connectivity index (χ4v) is 2.78. The largest absolute Gasteiger partial charge is 0.469 e. The van der Waals surface area contributed by atoms with E-state index in [1.54, 1.807) is 4.90 Å². The third kappa shape index (κ3) is 3.65. The number of likely N-dealkylation sites (tertiary alicyclic amines) is 1. The third-order valence-electron chi connectivity index (χ3n) is 3.35. The minimum absolute atomic E-state index is 0.182. The van der Waals surface area contributed by atoms with Crippen LogP contribution in [0, 0.1) is 5.92 Å². The van der Waals surface area contributed by atoms with Gasteiger partial charge >= 0.3 is 5.97 Å². The van der Waals surface area contributed by atoms with E-state index < -0.39 is 0 Å². The summed E-state index contributed by atoms with van der Waals surface area (Å²) < 4.78 is 4.75. The molecule has 1 aromatic rings. The van der Waals surface area contributed by atoms with Crippen LogP contribution in [-0.4, -0.2) is 53.2 Å². The summed E-state index contributed by atoms with van der Waals surface area (Å²) in [6.45, 7) is 0.918. The molecule has 0 bridgehead atoms. The van der Waals surface area contributed by atoms with Crippen LogP contribution >= 0.6 is 23.4 Å². The lowest BCUT2D eigenvalue weighted by molar-refractivity contribution is -0.146. The van der Waals surface area contributed by atoms with Crippen LogP contribution in [-0.2, 0) is 9.53 Å². The lowest BCUT2D eigenvalue weighted by Gasteiger charge is -2.31. The van der Waals surface area contributed by atoms with E-state index in [4.69, 9.17) is 16.3 Å². The minimum atomic E-state index is -0.286. The maximum absolute atomic E-state index is 12.5. The Kier molecular flexibility index (Phi) is 5.41. The average molecular weight is 330 g/mol. The Morgan fingerprint density at radius 2 is 2.29 bits per heavy atom. The Balaban J connectivity index is 2.17. The van der Waals surface area contributed by atoms with E-state index in [9.17, 15) is 9.59 Å². The summed E-state index contributed by atoms with van der Waals surface area (Å²) >= 11 is 7.36. The molecular formula is C13H16ClN3O3S. The number of esters is 1. The first-order chi connectivity index (χ1) is 10.1. The maximum atomic E-state index is 12.5. The Bertz CT molecular complexity index is 555. The highest BCUT2D eigenvalue weighted by molar-refractivity contribution is 7.98. The van der Waals surface area contributed by atoms with E-state index in [2.05, 4.69) is 9.97 Å². The molecule has 1 saturated heterocycles. The van der Waals surface area contributed by atoms with Crippen molar-refractivity contribution in [2.24, 2.45) is 5.92 Å². The number of carbonyl (C=O) groups is 2. The monoisotopic (exact) mass is 329 g/mol. The van der Waals surface area contributed by atoms with E-state index in [1.165, 1.54) is 25.1 Å². The smallest absolute Gasteiger partial charge is 0.310 e. The van der Waals surface area contributed by atoms with Crippen molar-refractivity contribution in [3.05, 3.63) is 16.9 Å². The van der Waals surface area contributed by atoms with Crippen molar-refractivity contribution in [1.82, 2.24) is 14.9 Å². The molecule has 1 aromatic heterocycles. The summed E-state index contributed by atoms with van der Waals surface area (Å²) in [7, 11) is 1.36. The molecule has 0 radical (unpaired) electrons. The van der Waals surface area contributed by atoms with Gasteiger partial charge in [0.2, 0.25) is 0 Å². The first kappa shape index (κ1) is 16.0. The summed E-state index contributed by atoms with van der Waals surface area (Å²) in [5, 5.41) is 0.710. The number of hydrogen-bond donors (Lipinski definition) is 0. The zero-order valence-corrected chi connectivity index (χ0v) is 13.4. The van der Waals surface area contributed by atoms with Crippen molar-refractivity contribution in [3.8, 4) is 0 Å². The molecule has 0 spiro atoms. The molecule has 1 aliphatic heterocycles. The number of rotatable bonds is 3. The SMILES string of the molecule is COC(=O)[C@H]1CCCN(C(=O)c2nc(SC)ncc2Cl)C1. The average Bonchev–Trinajstić information content (AvgIpc) is 2.54. The second-order valence-corrected chi connectivity index (χ2v) is 5.85. The predicted octanol–water partition coefficient (Wildman–Crippen LogP) is 1.88. The number of piperidine rings is 1. The van der Waals surface area contributed by atoms with Gasteiger partial charge in [0.15, 0.2) is 10.9 Å². The third-order valence-corrected chi connectivity index (χ3v) is 4.19. The lowest BCUT2D eigenvalue weighted by Crippen LogP contribution is -2.43. The molecule has 0 saturated carbocycles. The van der Waals surface area contributed by atoms with E-state index in [-0.39, 0.29) is 28.5 Å². The maximum Gasteiger partial charge on any atom is 0.310 e. The van der Waals surface area contributed by atoms with Crippen LogP contribution in [0.4, 0.5) is 0 Å². The summed E-state index contributed by atoms with van der Waals surface area (Å²) in [4.78, 5) is 33.9. The summed E-state index contributed by atoms with van der Waals surface area (Å²) in [6.07, 6.45) is 4.73. The Morgan fingerprint density at radius 3 is 2.95 bits per heavy atom. The highest BCUT2D eigenvalue weighted by Crippen LogP contribution is 2.23. The fourth-order valence-electron chi connectivity index (χ4n) is 2.27. The van der Waals surface area contributed by atoms with E-state index in [1.807, 2.05) is 6.26 Å². The number of amides is 1. The predicted molar refractivity (Wildman–Crippen MR) is 79.5 cm³/mol. The fraction of sp³-hybridized carbons (Fsp3) is 0.538. The minimum Gasteiger partial charge on any atom is -0.469 e. The molecule has 2 rings (SSSR count). The molecule has 0 aliphatic carbocycles. The standard InChI is InChI=1S/C13H16ClN3O3S/c1-20-12(19)8-4-3-5-17(7-8)11(18)10-9(14)6-15-13(16-10)21-2/h6,8H,3-5,7H2,1-2H3/t8-/m0/s1. The Labute approximate surface area is 132 Å². The summed E-state index contributed by atoms with van der Waals surface area (Å²) in [5.74, 6) is -0.842. The molecule has 6 nitrogen and oxygen atoms in total. The van der Waals surface area contributed by atoms with Gasteiger partial charge in [0.25, 0.3) is 5.91 Å². The molecule has 1 atom stereocenters. The number of thioether (sulfide) groups is 1. The second-order valence-electron chi connectivity index (χ2n) is 4.67. The van der Waals surface area contributed by atoms with Crippen LogP contribution in [0.5, 0.6) is 0 Å². The van der Waals surface area contributed by atoms with Crippen molar-refractivity contribution in [2.45, 2.75) is 18.0 Å². The van der Waals surface area contributed by atoms with Gasteiger partial charge in [0.1, 0.15) is 0 Å². The molecule has 1 aliphatic rings. The first-order valence-electron chi connectivity index (χ1n) is 6.50. The molecule has 0 unspecified atom stereocenters. The zero-order chi connectivity index (χ0) is 15.4. The molecule has 1 amide bonds. The van der Waals surface area contributed by atoms with Crippen molar-refractivity contribution < 1.29 is 14.3 Å². The van der Waals surface area contributed by atoms with E-state index in [0.717, 1.165) is 12.8 Å². The van der Waals surface area contributed by atoms with Gasteiger partial charge in [-0.25, -0.2) is 9.97 Å². The van der Waals surface area contributed by atoms with Crippen LogP contribution in [0.25, 0.3) is 0 Å². The van der Waals surface area contributed by atoms with E-state index >= 15 is 0 Å². The quantitative estimate of drug-likeness (QED) is 0.479. The van der Waals surface area contributed by atoms with Gasteiger partial charge < -0.3 is 9.64 Å². The van der Waals surface area contributed by atoms with Gasteiger partial charge in [-0.3, -0.25) is 9.59 Å². The van der Waals surface area contributed by atoms with Gasteiger partial charge in [0.05, 0.1) is 24.2 Å². The van der Waals surface area contributed by atoms with Crippen molar-refractivity contribution in [2.75, 3.05) is 26.5 Å². The topological polar surface area (TPSA) is 72.4 Å². The summed E-state index contributed by atoms with van der Waals surface area (Å²) in [6, 6.07) is 0. The normalized spacial score (nSPS) is 18.4. The van der Waals surface area contributed by atoms with Gasteiger partial charge in [-0.15, -0.1) is 0 Å². The molecule has 1 fully saturated rings. The van der Waals surface area contributed by atoms with Crippen LogP contribution in [0.3, 0.4) is 0 Å². The van der Waals surface area contributed by atoms with Crippen LogP contribution < -0.4 is 0 Å². The second kappa shape index (κ2) is 7.09. The van der Waals surface area contributed by atoms with Crippen molar-refractivity contribution in [3.63, 3.8) is 0 Å². The Morgan fingerprint density at radius 1 is 1.52 bits per heavy atom. The number of nitrogens with zero attached hydrogens (tertiary/aromatic N) is 3. The lowest BCUT2D eigenvalue weighted by atomic mass is 9.98. The number of methoxy groups -OCH3 is 1. The number of ether oxygens (including phenoxy) is 1. The number of carbonyl (C=O) groups excluding carboxylic acids is 2. The van der Waals surface area contributed by atoms with Gasteiger partial charge in [0, 0.05) is 13.1 Å². The number of hydrogen-bond acceptors (Lipinski definition) is 6. The first-order valence-corrected chi connectivity index (χ1v) is 8.10. The molecule has 0 aromatic carbocycles. The molecular weight excluding hydrogens is 314 g/mol. The van der Waals surface area contributed by atoms with Crippen molar-refractivity contribution >= 4 is 35.2 Å². The van der Waals surface area contributed by atoms with Gasteiger partial charge in [-0.1, -0.05) is 23.4 Å². The van der Waals surface area contributed by atoms with Crippen LogP contribution in [0.15, 0.2) is 11.4 Å². The number of aromatic nitrogens is 2. The summed E-state index contributed by atoms with van der Waals surface area (Å²) in [5.41, 5.74) is 0.182. The van der Waals surface area contributed by atoms with Crippen molar-refractivity contribution in [1.29, 1.82) is 0 Å². The Hall–Kier alpha value is -1.34. The molecule has 2 heterocycles. The highest BCUT2D eigenvalue weighted by atomic mass is 35.5. The molecule has 0 N–H and O–H groups in total. The van der Waals surface area contributed by atoms with Gasteiger partial charge in [-0.2, -0.15) is 0 Å². The zero-order valence-electron chi connectivity index (χ0n) is 11.8. The van der Waals surface area contributed by atoms with Crippen LogP contribution in [0.2, 0.25) is 5.02 Å². The molecule has 8 heteroatoms. The molecule has 114 valence electrons.